The average Bonchev–Trinajstić information content (AvgIpc) is 2.60. The van der Waals surface area contributed by atoms with Crippen molar-refractivity contribution in [1.29, 1.82) is 0 Å². The minimum Gasteiger partial charge on any atom is -0.356 e. The van der Waals surface area contributed by atoms with Crippen molar-refractivity contribution in [2.45, 2.75) is 44.0 Å². The maximum atomic E-state index is 12.1. The molecule has 0 saturated heterocycles. The first-order chi connectivity index (χ1) is 12.4. The van der Waals surface area contributed by atoms with Crippen molar-refractivity contribution in [3.8, 4) is 0 Å². The second-order valence-corrected chi connectivity index (χ2v) is 8.22. The van der Waals surface area contributed by atoms with E-state index < -0.39 is 10.0 Å². The van der Waals surface area contributed by atoms with Gasteiger partial charge in [0.2, 0.25) is 15.9 Å². The van der Waals surface area contributed by atoms with Gasteiger partial charge >= 0.3 is 0 Å². The second kappa shape index (κ2) is 9.50. The van der Waals surface area contributed by atoms with Gasteiger partial charge in [0.25, 0.3) is 0 Å². The minimum absolute atomic E-state index is 0.000830. The summed E-state index contributed by atoms with van der Waals surface area (Å²) in [5.41, 5.74) is 2.13. The quantitative estimate of drug-likeness (QED) is 0.709. The highest BCUT2D eigenvalue weighted by Gasteiger charge is 2.14. The molecule has 0 saturated carbocycles. The van der Waals surface area contributed by atoms with Crippen molar-refractivity contribution in [1.82, 2.24) is 10.0 Å². The van der Waals surface area contributed by atoms with E-state index in [1.165, 1.54) is 5.56 Å². The van der Waals surface area contributed by atoms with E-state index in [9.17, 15) is 13.2 Å². The number of hydrogen-bond donors (Lipinski definition) is 2. The number of hydrogen-bond acceptors (Lipinski definition) is 3. The SMILES string of the molecule is CC(C)NS(=O)(=O)c1ccc(CCC(=O)NCCc2ccccc2)cc1. The maximum absolute atomic E-state index is 12.1. The number of nitrogens with one attached hydrogen (secondary N) is 2. The lowest BCUT2D eigenvalue weighted by atomic mass is 10.1. The number of aryl methyl sites for hydroxylation is 1. The molecule has 140 valence electrons. The molecule has 26 heavy (non-hydrogen) atoms. The fraction of sp³-hybridized carbons (Fsp3) is 0.350. The molecule has 0 aliphatic heterocycles. The topological polar surface area (TPSA) is 75.3 Å². The third-order valence-corrected chi connectivity index (χ3v) is 5.52. The average molecular weight is 375 g/mol. The largest absolute Gasteiger partial charge is 0.356 e. The van der Waals surface area contributed by atoms with Crippen LogP contribution in [0.2, 0.25) is 0 Å². The van der Waals surface area contributed by atoms with Crippen molar-refractivity contribution in [2.24, 2.45) is 0 Å². The van der Waals surface area contributed by atoms with Gasteiger partial charge in [-0.25, -0.2) is 13.1 Å². The summed E-state index contributed by atoms with van der Waals surface area (Å²) in [6.45, 7) is 4.17. The van der Waals surface area contributed by atoms with Gasteiger partial charge in [0, 0.05) is 19.0 Å². The van der Waals surface area contributed by atoms with E-state index in [1.54, 1.807) is 38.1 Å². The molecule has 2 rings (SSSR count). The number of amides is 1. The van der Waals surface area contributed by atoms with Gasteiger partial charge in [-0.2, -0.15) is 0 Å². The highest BCUT2D eigenvalue weighted by Crippen LogP contribution is 2.12. The molecule has 2 aromatic rings. The van der Waals surface area contributed by atoms with Crippen LogP contribution in [0.3, 0.4) is 0 Å². The summed E-state index contributed by atoms with van der Waals surface area (Å²) in [6, 6.07) is 16.5. The Kier molecular flexibility index (Phi) is 7.36. The molecule has 0 aliphatic carbocycles. The number of sulfonamides is 1. The third-order valence-electron chi connectivity index (χ3n) is 3.84. The van der Waals surface area contributed by atoms with Crippen molar-refractivity contribution < 1.29 is 13.2 Å². The molecule has 0 aromatic heterocycles. The van der Waals surface area contributed by atoms with Crippen molar-refractivity contribution in [2.75, 3.05) is 6.54 Å². The summed E-state index contributed by atoms with van der Waals surface area (Å²) in [5, 5.41) is 2.91. The van der Waals surface area contributed by atoms with Gasteiger partial charge in [-0.05, 0) is 49.9 Å². The van der Waals surface area contributed by atoms with Crippen molar-refractivity contribution in [3.63, 3.8) is 0 Å². The standard InChI is InChI=1S/C20H26N2O3S/c1-16(2)22-26(24,25)19-11-8-18(9-12-19)10-13-20(23)21-15-14-17-6-4-3-5-7-17/h3-9,11-12,16,22H,10,13-15H2,1-2H3,(H,21,23). The summed E-state index contributed by atoms with van der Waals surface area (Å²) in [4.78, 5) is 12.2. The first-order valence-electron chi connectivity index (χ1n) is 8.79. The predicted octanol–water partition coefficient (Wildman–Crippen LogP) is 2.66. The van der Waals surface area contributed by atoms with E-state index in [2.05, 4.69) is 10.0 Å². The predicted molar refractivity (Wildman–Crippen MR) is 103 cm³/mol. The van der Waals surface area contributed by atoms with Crippen LogP contribution in [0.5, 0.6) is 0 Å². The summed E-state index contributed by atoms with van der Waals surface area (Å²) in [7, 11) is -3.48. The Morgan fingerprint density at radius 3 is 2.15 bits per heavy atom. The fourth-order valence-electron chi connectivity index (χ4n) is 2.55. The molecule has 0 aliphatic rings. The van der Waals surface area contributed by atoms with Crippen LogP contribution in [0.4, 0.5) is 0 Å². The zero-order chi connectivity index (χ0) is 19.0. The number of benzene rings is 2. The lowest BCUT2D eigenvalue weighted by Crippen LogP contribution is -2.30. The van der Waals surface area contributed by atoms with Crippen LogP contribution >= 0.6 is 0 Å². The van der Waals surface area contributed by atoms with Crippen LogP contribution in [0.1, 0.15) is 31.4 Å². The van der Waals surface area contributed by atoms with E-state index in [0.717, 1.165) is 12.0 Å². The molecule has 6 heteroatoms. The molecule has 0 fully saturated rings. The van der Waals surface area contributed by atoms with Crippen LogP contribution in [-0.2, 0) is 27.7 Å². The zero-order valence-electron chi connectivity index (χ0n) is 15.2. The van der Waals surface area contributed by atoms with Gasteiger partial charge in [-0.3, -0.25) is 4.79 Å². The lowest BCUT2D eigenvalue weighted by molar-refractivity contribution is -0.121. The molecule has 0 radical (unpaired) electrons. The molecule has 5 nitrogen and oxygen atoms in total. The second-order valence-electron chi connectivity index (χ2n) is 6.51. The number of carbonyl (C=O) groups is 1. The molecule has 2 N–H and O–H groups in total. The Labute approximate surface area is 155 Å². The van der Waals surface area contributed by atoms with Crippen molar-refractivity contribution in [3.05, 3.63) is 65.7 Å². The molecule has 0 unspecified atom stereocenters. The monoisotopic (exact) mass is 374 g/mol. The Morgan fingerprint density at radius 2 is 1.54 bits per heavy atom. The highest BCUT2D eigenvalue weighted by molar-refractivity contribution is 7.89. The van der Waals surface area contributed by atoms with Crippen LogP contribution in [0.15, 0.2) is 59.5 Å². The number of carbonyl (C=O) groups excluding carboxylic acids is 1. The normalized spacial score (nSPS) is 11.5. The first kappa shape index (κ1) is 20.1. The van der Waals surface area contributed by atoms with Gasteiger partial charge in [0.1, 0.15) is 0 Å². The van der Waals surface area contributed by atoms with E-state index in [4.69, 9.17) is 0 Å². The first-order valence-corrected chi connectivity index (χ1v) is 10.3. The molecular formula is C20H26N2O3S. The van der Waals surface area contributed by atoms with Crippen LogP contribution in [0, 0.1) is 0 Å². The van der Waals surface area contributed by atoms with Crippen LogP contribution in [-0.4, -0.2) is 26.9 Å². The highest BCUT2D eigenvalue weighted by atomic mass is 32.2. The van der Waals surface area contributed by atoms with Crippen molar-refractivity contribution >= 4 is 15.9 Å². The van der Waals surface area contributed by atoms with E-state index in [-0.39, 0.29) is 16.8 Å². The van der Waals surface area contributed by atoms with Crippen LogP contribution < -0.4 is 10.0 Å². The maximum Gasteiger partial charge on any atom is 0.240 e. The molecule has 0 atom stereocenters. The zero-order valence-corrected chi connectivity index (χ0v) is 16.1. The summed E-state index contributed by atoms with van der Waals surface area (Å²) < 4.78 is 26.7. The molecule has 0 bridgehead atoms. The van der Waals surface area contributed by atoms with Crippen LogP contribution in [0.25, 0.3) is 0 Å². The number of rotatable bonds is 9. The van der Waals surface area contributed by atoms with E-state index >= 15 is 0 Å². The Bertz CT molecular complexity index is 801. The smallest absolute Gasteiger partial charge is 0.240 e. The Balaban J connectivity index is 1.77. The van der Waals surface area contributed by atoms with Gasteiger partial charge in [0.15, 0.2) is 0 Å². The summed E-state index contributed by atoms with van der Waals surface area (Å²) in [6.07, 6.45) is 1.77. The fourth-order valence-corrected chi connectivity index (χ4v) is 3.80. The van der Waals surface area contributed by atoms with E-state index in [0.29, 0.717) is 19.4 Å². The third kappa shape index (κ3) is 6.61. The lowest BCUT2D eigenvalue weighted by Gasteiger charge is -2.10. The summed E-state index contributed by atoms with van der Waals surface area (Å²) in [5.74, 6) is -0.000830. The summed E-state index contributed by atoms with van der Waals surface area (Å²) >= 11 is 0. The Hall–Kier alpha value is -2.18. The Morgan fingerprint density at radius 1 is 0.923 bits per heavy atom. The molecule has 0 spiro atoms. The minimum atomic E-state index is -3.48. The molecule has 1 amide bonds. The molecule has 0 heterocycles. The van der Waals surface area contributed by atoms with Gasteiger partial charge in [-0.1, -0.05) is 42.5 Å². The molecular weight excluding hydrogens is 348 g/mol. The van der Waals surface area contributed by atoms with Gasteiger partial charge in [-0.15, -0.1) is 0 Å². The van der Waals surface area contributed by atoms with Gasteiger partial charge < -0.3 is 5.32 Å². The van der Waals surface area contributed by atoms with E-state index in [1.807, 2.05) is 30.3 Å². The molecule has 2 aromatic carbocycles. The van der Waals surface area contributed by atoms with Gasteiger partial charge in [0.05, 0.1) is 4.90 Å².